The van der Waals surface area contributed by atoms with Gasteiger partial charge in [-0.15, -0.1) is 0 Å². The number of hydrogen-bond acceptors (Lipinski definition) is 8. The summed E-state index contributed by atoms with van der Waals surface area (Å²) in [6, 6.07) is 12.9. The van der Waals surface area contributed by atoms with E-state index in [4.69, 9.17) is 4.74 Å². The van der Waals surface area contributed by atoms with E-state index in [1.54, 1.807) is 13.0 Å². The highest BCUT2D eigenvalue weighted by atomic mass is 19.2. The number of nitrogens with zero attached hydrogens (tertiary/aromatic N) is 3. The van der Waals surface area contributed by atoms with E-state index < -0.39 is 47.3 Å². The molecule has 0 fully saturated rings. The molecule has 3 amide bonds. The zero-order chi connectivity index (χ0) is 35.7. The number of hydrogen-bond donors (Lipinski definition) is 4. The van der Waals surface area contributed by atoms with Gasteiger partial charge in [0.15, 0.2) is 17.3 Å². The highest BCUT2D eigenvalue weighted by Gasteiger charge is 2.30. The van der Waals surface area contributed by atoms with Crippen LogP contribution >= 0.6 is 0 Å². The third-order valence-electron chi connectivity index (χ3n) is 8.41. The summed E-state index contributed by atoms with van der Waals surface area (Å²) >= 11 is 0. The Bertz CT molecular complexity index is 2220. The number of carboxylic acid groups (broad SMARTS) is 1. The van der Waals surface area contributed by atoms with Gasteiger partial charge in [0, 0.05) is 18.3 Å². The Hall–Kier alpha value is -6.51. The highest BCUT2D eigenvalue weighted by molar-refractivity contribution is 6.09. The van der Waals surface area contributed by atoms with Crippen LogP contribution in [0.3, 0.4) is 0 Å². The SMILES string of the molecule is COC(=O)c1ccc(NC(=O)c2cnn3c(C(=O)N[C@H]4CCc5c4ccc(C(=O)O)c5C)cc(C(=O)NCc4ccc(F)c(F)c4)nc23)cc1. The first-order chi connectivity index (χ1) is 23.9. The first-order valence-electron chi connectivity index (χ1n) is 15.2. The number of rotatable bonds is 9. The number of nitrogens with one attached hydrogen (secondary N) is 3. The number of aromatic carboxylic acids is 1. The molecule has 1 aliphatic rings. The number of esters is 1. The summed E-state index contributed by atoms with van der Waals surface area (Å²) in [6.45, 7) is 1.52. The third-order valence-corrected chi connectivity index (χ3v) is 8.41. The average molecular weight is 683 g/mol. The molecule has 5 aromatic rings. The number of anilines is 1. The molecule has 0 saturated heterocycles. The van der Waals surface area contributed by atoms with Crippen LogP contribution < -0.4 is 16.0 Å². The van der Waals surface area contributed by atoms with Gasteiger partial charge in [0.05, 0.1) is 30.5 Å². The lowest BCUT2D eigenvalue weighted by atomic mass is 9.98. The Morgan fingerprint density at radius 2 is 1.70 bits per heavy atom. The molecule has 6 rings (SSSR count). The van der Waals surface area contributed by atoms with E-state index in [0.717, 1.165) is 27.8 Å². The smallest absolute Gasteiger partial charge is 0.337 e. The molecule has 1 atom stereocenters. The zero-order valence-corrected chi connectivity index (χ0v) is 26.5. The number of carbonyl (C=O) groups excluding carboxylic acids is 4. The molecule has 0 aliphatic heterocycles. The van der Waals surface area contributed by atoms with Crippen LogP contribution in [0.5, 0.6) is 0 Å². The van der Waals surface area contributed by atoms with Crippen molar-refractivity contribution in [3.8, 4) is 0 Å². The van der Waals surface area contributed by atoms with Crippen molar-refractivity contribution in [1.82, 2.24) is 25.2 Å². The number of ether oxygens (including phenoxy) is 1. The Kier molecular flexibility index (Phi) is 9.04. The molecule has 0 radical (unpaired) electrons. The number of halogens is 2. The molecule has 3 aromatic carbocycles. The summed E-state index contributed by atoms with van der Waals surface area (Å²) < 4.78 is 33.0. The lowest BCUT2D eigenvalue weighted by Crippen LogP contribution is -2.31. The van der Waals surface area contributed by atoms with Gasteiger partial charge < -0.3 is 25.8 Å². The van der Waals surface area contributed by atoms with E-state index in [1.807, 2.05) is 0 Å². The van der Waals surface area contributed by atoms with Gasteiger partial charge >= 0.3 is 11.9 Å². The summed E-state index contributed by atoms with van der Waals surface area (Å²) in [6.07, 6.45) is 2.20. The van der Waals surface area contributed by atoms with E-state index >= 15 is 0 Å². The number of carboxylic acids is 1. The number of benzene rings is 3. The fourth-order valence-electron chi connectivity index (χ4n) is 5.82. The minimum atomic E-state index is -1.09. The summed E-state index contributed by atoms with van der Waals surface area (Å²) in [5.41, 5.74) is 2.59. The normalized spacial score (nSPS) is 13.4. The molecule has 50 heavy (non-hydrogen) atoms. The molecular weight excluding hydrogens is 654 g/mol. The van der Waals surface area contributed by atoms with Crippen LogP contribution in [-0.4, -0.2) is 56.5 Å². The van der Waals surface area contributed by atoms with Gasteiger partial charge in [-0.05, 0) is 84.5 Å². The van der Waals surface area contributed by atoms with Crippen molar-refractivity contribution in [1.29, 1.82) is 0 Å². The van der Waals surface area contributed by atoms with Crippen molar-refractivity contribution < 1.29 is 42.6 Å². The molecule has 0 spiro atoms. The highest BCUT2D eigenvalue weighted by Crippen LogP contribution is 2.35. The van der Waals surface area contributed by atoms with Gasteiger partial charge in [0.2, 0.25) is 0 Å². The van der Waals surface area contributed by atoms with E-state index in [9.17, 15) is 37.9 Å². The van der Waals surface area contributed by atoms with Gasteiger partial charge in [0.25, 0.3) is 17.7 Å². The minimum absolute atomic E-state index is 0.0885. The van der Waals surface area contributed by atoms with Crippen LogP contribution in [0.1, 0.15) is 86.8 Å². The average Bonchev–Trinajstić information content (AvgIpc) is 3.73. The van der Waals surface area contributed by atoms with Gasteiger partial charge in [-0.2, -0.15) is 5.10 Å². The standard InChI is InChI=1S/C35H28F2N6O7/c1-17-21-10-12-27(23(21)9-8-22(17)34(47)48)42-33(46)29-14-28(32(45)38-15-18-3-11-25(36)26(37)13-18)41-30-24(16-39-43(29)30)31(44)40-20-6-4-19(5-7-20)35(49)50-2/h3-9,11,13-14,16,27H,10,12,15H2,1-2H3,(H,38,45)(H,40,44)(H,42,46)(H,47,48)/t27-/m0/s1. The number of fused-ring (bicyclic) bond motifs is 2. The van der Waals surface area contributed by atoms with Crippen LogP contribution in [0.25, 0.3) is 5.65 Å². The topological polar surface area (TPSA) is 181 Å². The van der Waals surface area contributed by atoms with Crippen LogP contribution in [0, 0.1) is 18.6 Å². The van der Waals surface area contributed by atoms with Gasteiger partial charge in [-0.1, -0.05) is 12.1 Å². The molecular formula is C35H28F2N6O7. The summed E-state index contributed by atoms with van der Waals surface area (Å²) in [5, 5.41) is 21.9. The fraction of sp³-hybridized carbons (Fsp3) is 0.171. The lowest BCUT2D eigenvalue weighted by Gasteiger charge is -2.16. The van der Waals surface area contributed by atoms with Crippen LogP contribution in [0.2, 0.25) is 0 Å². The largest absolute Gasteiger partial charge is 0.478 e. The van der Waals surface area contributed by atoms with Crippen molar-refractivity contribution in [3.63, 3.8) is 0 Å². The molecule has 2 heterocycles. The van der Waals surface area contributed by atoms with Gasteiger partial charge in [-0.25, -0.2) is 27.9 Å². The van der Waals surface area contributed by atoms with Crippen LogP contribution in [-0.2, 0) is 17.7 Å². The minimum Gasteiger partial charge on any atom is -0.478 e. The molecule has 2 aromatic heterocycles. The molecule has 15 heteroatoms. The van der Waals surface area contributed by atoms with E-state index in [2.05, 4.69) is 26.0 Å². The summed E-state index contributed by atoms with van der Waals surface area (Å²) in [4.78, 5) is 68.4. The third kappa shape index (κ3) is 6.48. The van der Waals surface area contributed by atoms with Crippen LogP contribution in [0.4, 0.5) is 14.5 Å². The molecule has 0 unspecified atom stereocenters. The maximum absolute atomic E-state index is 13.8. The molecule has 0 saturated carbocycles. The monoisotopic (exact) mass is 682 g/mol. The number of aromatic nitrogens is 3. The maximum atomic E-state index is 13.8. The van der Waals surface area contributed by atoms with Crippen molar-refractivity contribution in [2.75, 3.05) is 12.4 Å². The Morgan fingerprint density at radius 3 is 2.40 bits per heavy atom. The van der Waals surface area contributed by atoms with Crippen molar-refractivity contribution in [2.45, 2.75) is 32.4 Å². The van der Waals surface area contributed by atoms with E-state index in [-0.39, 0.29) is 45.8 Å². The molecule has 1 aliphatic carbocycles. The Balaban J connectivity index is 1.32. The van der Waals surface area contributed by atoms with E-state index in [1.165, 1.54) is 55.8 Å². The Labute approximate surface area is 282 Å². The second-order valence-corrected chi connectivity index (χ2v) is 11.5. The van der Waals surface area contributed by atoms with E-state index in [0.29, 0.717) is 24.1 Å². The predicted molar refractivity (Wildman–Crippen MR) is 173 cm³/mol. The lowest BCUT2D eigenvalue weighted by molar-refractivity contribution is 0.0599. The maximum Gasteiger partial charge on any atom is 0.337 e. The van der Waals surface area contributed by atoms with Crippen molar-refractivity contribution in [3.05, 3.63) is 129 Å². The first-order valence-corrected chi connectivity index (χ1v) is 15.2. The quantitative estimate of drug-likeness (QED) is 0.164. The number of methoxy groups -OCH3 is 1. The second-order valence-electron chi connectivity index (χ2n) is 11.5. The number of amides is 3. The molecule has 0 bridgehead atoms. The fourth-order valence-corrected chi connectivity index (χ4v) is 5.82. The van der Waals surface area contributed by atoms with Gasteiger partial charge in [0.1, 0.15) is 17.0 Å². The molecule has 13 nitrogen and oxygen atoms in total. The van der Waals surface area contributed by atoms with Gasteiger partial charge in [-0.3, -0.25) is 14.4 Å². The summed E-state index contributed by atoms with van der Waals surface area (Å²) in [7, 11) is 1.24. The molecule has 4 N–H and O–H groups in total. The molecule has 254 valence electrons. The second kappa shape index (κ2) is 13.5. The zero-order valence-electron chi connectivity index (χ0n) is 26.5. The Morgan fingerprint density at radius 1 is 0.940 bits per heavy atom. The number of carbonyl (C=O) groups is 5. The first kappa shape index (κ1) is 33.4. The predicted octanol–water partition coefficient (Wildman–Crippen LogP) is 4.40. The van der Waals surface area contributed by atoms with Crippen molar-refractivity contribution >= 4 is 41.0 Å². The summed E-state index contributed by atoms with van der Waals surface area (Å²) in [5.74, 6) is -5.86. The van der Waals surface area contributed by atoms with Crippen LogP contribution in [0.15, 0.2) is 66.9 Å². The van der Waals surface area contributed by atoms with Crippen molar-refractivity contribution in [2.24, 2.45) is 0 Å².